The van der Waals surface area contributed by atoms with Crippen LogP contribution in [0.15, 0.2) is 30.3 Å². The van der Waals surface area contributed by atoms with Gasteiger partial charge in [-0.1, -0.05) is 0 Å². The first-order valence-corrected chi connectivity index (χ1v) is 5.25. The summed E-state index contributed by atoms with van der Waals surface area (Å²) >= 11 is 0. The predicted octanol–water partition coefficient (Wildman–Crippen LogP) is 3.95. The van der Waals surface area contributed by atoms with Gasteiger partial charge in [0.15, 0.2) is 5.78 Å². The largest absolute Gasteiger partial charge is 0.409 e. The number of hydrogen-bond donors (Lipinski definition) is 1. The van der Waals surface area contributed by atoms with Crippen LogP contribution in [0.25, 0.3) is 17.0 Å². The Morgan fingerprint density at radius 1 is 1.28 bits per heavy atom. The SMILES string of the molecule is CC(=O)c1ccc2[nH]c(/C=C/C(F)(F)F)cc2c1. The Morgan fingerprint density at radius 3 is 2.61 bits per heavy atom. The normalized spacial score (nSPS) is 12.4. The lowest BCUT2D eigenvalue weighted by Gasteiger charge is -1.95. The predicted molar refractivity (Wildman–Crippen MR) is 63.4 cm³/mol. The number of carbonyl (C=O) groups is 1. The molecule has 0 atom stereocenters. The van der Waals surface area contributed by atoms with Gasteiger partial charge in [-0.3, -0.25) is 4.79 Å². The molecule has 0 fully saturated rings. The minimum Gasteiger partial charge on any atom is -0.355 e. The first kappa shape index (κ1) is 12.4. The van der Waals surface area contributed by atoms with Crippen LogP contribution >= 0.6 is 0 Å². The second-order valence-corrected chi connectivity index (χ2v) is 3.96. The smallest absolute Gasteiger partial charge is 0.355 e. The number of rotatable bonds is 2. The lowest BCUT2D eigenvalue weighted by molar-refractivity contribution is -0.0790. The van der Waals surface area contributed by atoms with Gasteiger partial charge in [-0.2, -0.15) is 13.2 Å². The highest BCUT2D eigenvalue weighted by atomic mass is 19.4. The quantitative estimate of drug-likeness (QED) is 0.808. The van der Waals surface area contributed by atoms with E-state index in [4.69, 9.17) is 0 Å². The number of ketones is 1. The molecule has 0 aliphatic heterocycles. The summed E-state index contributed by atoms with van der Waals surface area (Å²) in [4.78, 5) is 14.0. The van der Waals surface area contributed by atoms with Gasteiger partial charge in [-0.05, 0) is 37.3 Å². The Bertz CT molecular complexity index is 623. The molecule has 1 aromatic carbocycles. The van der Waals surface area contributed by atoms with Gasteiger partial charge in [0.2, 0.25) is 0 Å². The third-order valence-corrected chi connectivity index (χ3v) is 2.50. The van der Waals surface area contributed by atoms with Gasteiger partial charge >= 0.3 is 6.18 Å². The zero-order valence-corrected chi connectivity index (χ0v) is 9.51. The first-order valence-electron chi connectivity index (χ1n) is 5.25. The molecule has 5 heteroatoms. The van der Waals surface area contributed by atoms with Crippen molar-refractivity contribution in [3.05, 3.63) is 41.6 Å². The molecule has 0 spiro atoms. The second kappa shape index (κ2) is 4.33. The van der Waals surface area contributed by atoms with Crippen LogP contribution in [0.5, 0.6) is 0 Å². The summed E-state index contributed by atoms with van der Waals surface area (Å²) in [5.41, 5.74) is 1.58. The van der Waals surface area contributed by atoms with E-state index in [2.05, 4.69) is 4.98 Å². The first-order chi connectivity index (χ1) is 8.35. The van der Waals surface area contributed by atoms with Gasteiger partial charge in [0.1, 0.15) is 0 Å². The number of H-pyrrole nitrogens is 1. The molecule has 0 saturated heterocycles. The maximum absolute atomic E-state index is 12.0. The van der Waals surface area contributed by atoms with Gasteiger partial charge in [0.05, 0.1) is 0 Å². The molecule has 1 aromatic heterocycles. The molecule has 2 rings (SSSR count). The average molecular weight is 253 g/mol. The van der Waals surface area contributed by atoms with E-state index in [9.17, 15) is 18.0 Å². The number of nitrogens with one attached hydrogen (secondary N) is 1. The van der Waals surface area contributed by atoms with Crippen molar-refractivity contribution in [1.29, 1.82) is 0 Å². The summed E-state index contributed by atoms with van der Waals surface area (Å²) < 4.78 is 36.1. The van der Waals surface area contributed by atoms with Crippen LogP contribution in [-0.2, 0) is 0 Å². The fraction of sp³-hybridized carbons (Fsp3) is 0.154. The lowest BCUT2D eigenvalue weighted by atomic mass is 10.1. The minimum atomic E-state index is -4.33. The topological polar surface area (TPSA) is 32.9 Å². The van der Waals surface area contributed by atoms with E-state index >= 15 is 0 Å². The lowest BCUT2D eigenvalue weighted by Crippen LogP contribution is -2.00. The monoisotopic (exact) mass is 253 g/mol. The number of allylic oxidation sites excluding steroid dienone is 1. The highest BCUT2D eigenvalue weighted by Gasteiger charge is 2.21. The Hall–Kier alpha value is -2.04. The molecule has 94 valence electrons. The summed E-state index contributed by atoms with van der Waals surface area (Å²) in [5.74, 6) is -0.0783. The fourth-order valence-corrected chi connectivity index (χ4v) is 1.65. The van der Waals surface area contributed by atoms with Crippen LogP contribution in [0.4, 0.5) is 13.2 Å². The van der Waals surface area contributed by atoms with Crippen LogP contribution in [0.2, 0.25) is 0 Å². The molecule has 18 heavy (non-hydrogen) atoms. The number of aromatic amines is 1. The van der Waals surface area contributed by atoms with Crippen molar-refractivity contribution in [3.63, 3.8) is 0 Å². The molecule has 2 aromatic rings. The van der Waals surface area contributed by atoms with E-state index in [0.29, 0.717) is 22.2 Å². The molecule has 0 unspecified atom stereocenters. The number of halogens is 3. The Balaban J connectivity index is 2.39. The molecule has 1 N–H and O–H groups in total. The maximum atomic E-state index is 12.0. The number of Topliss-reactive ketones (excluding diaryl/α,β-unsaturated/α-hetero) is 1. The number of carbonyl (C=O) groups excluding carboxylic acids is 1. The number of aromatic nitrogens is 1. The molecule has 0 radical (unpaired) electrons. The van der Waals surface area contributed by atoms with Crippen LogP contribution in [0, 0.1) is 0 Å². The van der Waals surface area contributed by atoms with E-state index in [1.165, 1.54) is 6.92 Å². The van der Waals surface area contributed by atoms with Crippen molar-refractivity contribution in [3.8, 4) is 0 Å². The molecule has 1 heterocycles. The summed E-state index contributed by atoms with van der Waals surface area (Å²) in [6.07, 6.45) is -3.20. The van der Waals surface area contributed by atoms with Gasteiger partial charge in [0.25, 0.3) is 0 Å². The van der Waals surface area contributed by atoms with Crippen molar-refractivity contribution in [1.82, 2.24) is 4.98 Å². The van der Waals surface area contributed by atoms with E-state index in [1.54, 1.807) is 24.3 Å². The van der Waals surface area contributed by atoms with Crippen molar-refractivity contribution >= 4 is 22.8 Å². The zero-order valence-electron chi connectivity index (χ0n) is 9.51. The number of hydrogen-bond acceptors (Lipinski definition) is 1. The maximum Gasteiger partial charge on any atom is 0.409 e. The molecule has 0 amide bonds. The average Bonchev–Trinajstić information content (AvgIpc) is 2.66. The Kier molecular flexibility index (Phi) is 2.98. The van der Waals surface area contributed by atoms with E-state index in [-0.39, 0.29) is 11.9 Å². The molecular weight excluding hydrogens is 243 g/mol. The van der Waals surface area contributed by atoms with Crippen molar-refractivity contribution in [2.24, 2.45) is 0 Å². The summed E-state index contributed by atoms with van der Waals surface area (Å²) in [6, 6.07) is 6.54. The van der Waals surface area contributed by atoms with E-state index in [1.807, 2.05) is 0 Å². The molecule has 2 nitrogen and oxygen atoms in total. The summed E-state index contributed by atoms with van der Waals surface area (Å²) in [6.45, 7) is 1.44. The number of benzene rings is 1. The summed E-state index contributed by atoms with van der Waals surface area (Å²) in [7, 11) is 0. The number of fused-ring (bicyclic) bond motifs is 1. The minimum absolute atomic E-state index is 0.0783. The Morgan fingerprint density at radius 2 is 2.00 bits per heavy atom. The third kappa shape index (κ3) is 2.80. The van der Waals surface area contributed by atoms with Crippen LogP contribution < -0.4 is 0 Å². The van der Waals surface area contributed by atoms with Crippen molar-refractivity contribution in [2.45, 2.75) is 13.1 Å². The standard InChI is InChI=1S/C13H10F3NO/c1-8(18)9-2-3-12-10(6-9)7-11(17-12)4-5-13(14,15)16/h2-7,17H,1H3/b5-4+. The fourth-order valence-electron chi connectivity index (χ4n) is 1.65. The zero-order chi connectivity index (χ0) is 13.3. The molecular formula is C13H10F3NO. The van der Waals surface area contributed by atoms with Gasteiger partial charge in [0, 0.05) is 28.2 Å². The van der Waals surface area contributed by atoms with Crippen LogP contribution in [-0.4, -0.2) is 16.9 Å². The highest BCUT2D eigenvalue weighted by molar-refractivity contribution is 5.98. The third-order valence-electron chi connectivity index (χ3n) is 2.50. The van der Waals surface area contributed by atoms with Crippen LogP contribution in [0.3, 0.4) is 0 Å². The van der Waals surface area contributed by atoms with E-state index < -0.39 is 6.18 Å². The van der Waals surface area contributed by atoms with Crippen molar-refractivity contribution < 1.29 is 18.0 Å². The van der Waals surface area contributed by atoms with E-state index in [0.717, 1.165) is 6.08 Å². The molecule has 0 aliphatic carbocycles. The molecule has 0 aliphatic rings. The van der Waals surface area contributed by atoms with Crippen molar-refractivity contribution in [2.75, 3.05) is 0 Å². The number of alkyl halides is 3. The Labute approximate surface area is 101 Å². The molecule has 0 saturated carbocycles. The van der Waals surface area contributed by atoms with Gasteiger partial charge in [-0.25, -0.2) is 0 Å². The second-order valence-electron chi connectivity index (χ2n) is 3.96. The van der Waals surface area contributed by atoms with Crippen LogP contribution in [0.1, 0.15) is 23.0 Å². The van der Waals surface area contributed by atoms with Gasteiger partial charge in [-0.15, -0.1) is 0 Å². The summed E-state index contributed by atoms with van der Waals surface area (Å²) in [5, 5.41) is 0.713. The highest BCUT2D eigenvalue weighted by Crippen LogP contribution is 2.21. The molecule has 0 bridgehead atoms. The van der Waals surface area contributed by atoms with Gasteiger partial charge < -0.3 is 4.98 Å².